The van der Waals surface area contributed by atoms with Crippen molar-refractivity contribution >= 4 is 35.8 Å². The Kier molecular flexibility index (Phi) is 11.0. The van der Waals surface area contributed by atoms with E-state index in [0.717, 1.165) is 22.4 Å². The summed E-state index contributed by atoms with van der Waals surface area (Å²) in [7, 11) is 3.34. The minimum absolute atomic E-state index is 0. The van der Waals surface area contributed by atoms with Crippen LogP contribution < -0.4 is 20.7 Å². The van der Waals surface area contributed by atoms with Crippen LogP contribution in [0.15, 0.2) is 47.5 Å². The number of guanidine groups is 1. The number of halogens is 2. The Morgan fingerprint density at radius 1 is 1.07 bits per heavy atom. The average molecular weight is 514 g/mol. The second kappa shape index (κ2) is 13.0. The van der Waals surface area contributed by atoms with Crippen LogP contribution in [0.1, 0.15) is 16.7 Å². The first-order valence-electron chi connectivity index (χ1n) is 9.11. The number of hydrogen-bond acceptors (Lipinski definition) is 3. The highest BCUT2D eigenvalue weighted by Crippen LogP contribution is 2.19. The minimum atomic E-state index is -0.310. The molecule has 1 amide bonds. The number of carbonyl (C=O) groups is 1. The Hall–Kier alpha value is -2.36. The van der Waals surface area contributed by atoms with Gasteiger partial charge in [-0.3, -0.25) is 9.79 Å². The number of hydrogen-bond donors (Lipinski definition) is 3. The molecule has 158 valence electrons. The van der Waals surface area contributed by atoms with E-state index < -0.39 is 0 Å². The predicted octanol–water partition coefficient (Wildman–Crippen LogP) is 2.78. The average Bonchev–Trinajstić information content (AvgIpc) is 2.69. The summed E-state index contributed by atoms with van der Waals surface area (Å²) in [5, 5.41) is 9.20. The van der Waals surface area contributed by atoms with E-state index in [2.05, 4.69) is 20.9 Å². The highest BCUT2D eigenvalue weighted by molar-refractivity contribution is 14.0. The van der Waals surface area contributed by atoms with E-state index in [-0.39, 0.29) is 42.1 Å². The van der Waals surface area contributed by atoms with Gasteiger partial charge in [0.2, 0.25) is 5.91 Å². The Morgan fingerprint density at radius 2 is 1.76 bits per heavy atom. The number of aryl methyl sites for hydroxylation is 1. The standard InChI is InChI=1S/C21H27FN4O2.HI/c1-15-4-7-17(19(12-15)28-3)14-26-21(23-2)25-11-10-24-20(27)13-16-5-8-18(22)9-6-16;/h4-9,12H,10-11,13-14H2,1-3H3,(H,24,27)(H2,23,25,26);1H. The number of ether oxygens (including phenoxy) is 1. The van der Waals surface area contributed by atoms with Gasteiger partial charge in [0.15, 0.2) is 5.96 Å². The number of nitrogens with one attached hydrogen (secondary N) is 3. The zero-order chi connectivity index (χ0) is 20.4. The van der Waals surface area contributed by atoms with E-state index >= 15 is 0 Å². The fourth-order valence-corrected chi connectivity index (χ4v) is 2.63. The van der Waals surface area contributed by atoms with Crippen LogP contribution in [0.2, 0.25) is 0 Å². The van der Waals surface area contributed by atoms with Crippen molar-refractivity contribution in [1.29, 1.82) is 0 Å². The molecule has 0 aliphatic carbocycles. The summed E-state index contributed by atoms with van der Waals surface area (Å²) in [6.07, 6.45) is 0.223. The first kappa shape index (κ1) is 24.7. The molecule has 6 nitrogen and oxygen atoms in total. The summed E-state index contributed by atoms with van der Waals surface area (Å²) < 4.78 is 18.3. The van der Waals surface area contributed by atoms with Gasteiger partial charge < -0.3 is 20.7 Å². The molecule has 0 aliphatic rings. The lowest BCUT2D eigenvalue weighted by Crippen LogP contribution is -2.41. The third-order valence-corrected chi connectivity index (χ3v) is 4.13. The molecule has 0 aromatic heterocycles. The van der Waals surface area contributed by atoms with Crippen molar-refractivity contribution in [2.24, 2.45) is 4.99 Å². The number of nitrogens with zero attached hydrogens (tertiary/aromatic N) is 1. The summed E-state index contributed by atoms with van der Waals surface area (Å²) >= 11 is 0. The molecular weight excluding hydrogens is 486 g/mol. The normalized spacial score (nSPS) is 10.7. The topological polar surface area (TPSA) is 74.8 Å². The van der Waals surface area contributed by atoms with Gasteiger partial charge in [-0.2, -0.15) is 0 Å². The molecule has 0 fully saturated rings. The van der Waals surface area contributed by atoms with E-state index in [1.807, 2.05) is 25.1 Å². The van der Waals surface area contributed by atoms with Crippen LogP contribution >= 0.6 is 24.0 Å². The molecule has 0 heterocycles. The molecule has 2 rings (SSSR count). The maximum absolute atomic E-state index is 12.9. The van der Waals surface area contributed by atoms with Gasteiger partial charge in [0, 0.05) is 32.2 Å². The smallest absolute Gasteiger partial charge is 0.224 e. The van der Waals surface area contributed by atoms with Crippen LogP contribution in [-0.4, -0.2) is 39.1 Å². The van der Waals surface area contributed by atoms with E-state index in [9.17, 15) is 9.18 Å². The van der Waals surface area contributed by atoms with Gasteiger partial charge in [0.25, 0.3) is 0 Å². The quantitative estimate of drug-likeness (QED) is 0.219. The summed E-state index contributed by atoms with van der Waals surface area (Å²) in [5.41, 5.74) is 2.94. The van der Waals surface area contributed by atoms with Gasteiger partial charge in [-0.1, -0.05) is 24.3 Å². The third-order valence-electron chi connectivity index (χ3n) is 4.13. The molecule has 2 aromatic rings. The van der Waals surface area contributed by atoms with Crippen LogP contribution in [0.25, 0.3) is 0 Å². The number of aliphatic imine (C=N–C) groups is 1. The second-order valence-electron chi connectivity index (χ2n) is 6.32. The van der Waals surface area contributed by atoms with E-state index in [0.29, 0.717) is 25.6 Å². The van der Waals surface area contributed by atoms with Gasteiger partial charge >= 0.3 is 0 Å². The van der Waals surface area contributed by atoms with Gasteiger partial charge in [0.1, 0.15) is 11.6 Å². The first-order chi connectivity index (χ1) is 13.5. The second-order valence-corrected chi connectivity index (χ2v) is 6.32. The van der Waals surface area contributed by atoms with E-state index in [4.69, 9.17) is 4.74 Å². The molecule has 0 saturated heterocycles. The number of rotatable bonds is 8. The predicted molar refractivity (Wildman–Crippen MR) is 124 cm³/mol. The van der Waals surface area contributed by atoms with Crippen LogP contribution in [0.3, 0.4) is 0 Å². The molecule has 29 heavy (non-hydrogen) atoms. The summed E-state index contributed by atoms with van der Waals surface area (Å²) in [4.78, 5) is 16.1. The Morgan fingerprint density at radius 3 is 2.41 bits per heavy atom. The Bertz CT molecular complexity index is 813. The van der Waals surface area contributed by atoms with Crippen molar-refractivity contribution in [3.05, 3.63) is 65.0 Å². The molecule has 2 aromatic carbocycles. The molecule has 0 unspecified atom stereocenters. The van der Waals surface area contributed by atoms with Gasteiger partial charge in [-0.25, -0.2) is 4.39 Å². The molecule has 0 spiro atoms. The molecule has 8 heteroatoms. The number of methoxy groups -OCH3 is 1. The Balaban J connectivity index is 0.00000420. The van der Waals surface area contributed by atoms with Crippen molar-refractivity contribution in [3.63, 3.8) is 0 Å². The van der Waals surface area contributed by atoms with Gasteiger partial charge in [-0.05, 0) is 36.2 Å². The van der Waals surface area contributed by atoms with Gasteiger partial charge in [-0.15, -0.1) is 24.0 Å². The molecule has 0 atom stereocenters. The number of benzene rings is 2. The molecule has 0 aliphatic heterocycles. The molecule has 0 radical (unpaired) electrons. The monoisotopic (exact) mass is 514 g/mol. The molecule has 0 bridgehead atoms. The zero-order valence-corrected chi connectivity index (χ0v) is 19.3. The largest absolute Gasteiger partial charge is 0.496 e. The van der Waals surface area contributed by atoms with Crippen LogP contribution in [0, 0.1) is 12.7 Å². The minimum Gasteiger partial charge on any atom is -0.496 e. The van der Waals surface area contributed by atoms with Crippen molar-refractivity contribution in [1.82, 2.24) is 16.0 Å². The number of amides is 1. The Labute approximate surface area is 188 Å². The molecule has 3 N–H and O–H groups in total. The molecule has 0 saturated carbocycles. The van der Waals surface area contributed by atoms with E-state index in [1.54, 1.807) is 26.3 Å². The SMILES string of the molecule is CN=C(NCCNC(=O)Cc1ccc(F)cc1)NCc1ccc(C)cc1OC.I. The highest BCUT2D eigenvalue weighted by Gasteiger charge is 2.06. The lowest BCUT2D eigenvalue weighted by Gasteiger charge is -2.14. The van der Waals surface area contributed by atoms with Crippen LogP contribution in [-0.2, 0) is 17.8 Å². The third kappa shape index (κ3) is 8.68. The fourth-order valence-electron chi connectivity index (χ4n) is 2.63. The number of carbonyl (C=O) groups excluding carboxylic acids is 1. The van der Waals surface area contributed by atoms with Crippen LogP contribution in [0.5, 0.6) is 5.75 Å². The van der Waals surface area contributed by atoms with Crippen molar-refractivity contribution < 1.29 is 13.9 Å². The lowest BCUT2D eigenvalue weighted by molar-refractivity contribution is -0.120. The zero-order valence-electron chi connectivity index (χ0n) is 16.9. The van der Waals surface area contributed by atoms with Crippen molar-refractivity contribution in [2.75, 3.05) is 27.2 Å². The van der Waals surface area contributed by atoms with Gasteiger partial charge in [0.05, 0.1) is 13.5 Å². The van der Waals surface area contributed by atoms with Crippen LogP contribution in [0.4, 0.5) is 4.39 Å². The lowest BCUT2D eigenvalue weighted by atomic mass is 10.1. The summed E-state index contributed by atoms with van der Waals surface area (Å²) in [6.45, 7) is 3.57. The van der Waals surface area contributed by atoms with Crippen molar-refractivity contribution in [2.45, 2.75) is 19.9 Å². The first-order valence-corrected chi connectivity index (χ1v) is 9.11. The summed E-state index contributed by atoms with van der Waals surface area (Å²) in [6, 6.07) is 12.0. The fraction of sp³-hybridized carbons (Fsp3) is 0.333. The molecular formula is C21H28FIN4O2. The van der Waals surface area contributed by atoms with Crippen molar-refractivity contribution in [3.8, 4) is 5.75 Å². The maximum Gasteiger partial charge on any atom is 0.224 e. The van der Waals surface area contributed by atoms with E-state index in [1.165, 1.54) is 12.1 Å². The summed E-state index contributed by atoms with van der Waals surface area (Å²) in [5.74, 6) is 1.04. The highest BCUT2D eigenvalue weighted by atomic mass is 127. The maximum atomic E-state index is 12.9.